The highest BCUT2D eigenvalue weighted by atomic mass is 79.9. The third-order valence-electron chi connectivity index (χ3n) is 2.42. The zero-order valence-electron chi connectivity index (χ0n) is 9.48. The smallest absolute Gasteiger partial charge is 0.258 e. The number of rotatable bonds is 4. The van der Waals surface area contributed by atoms with Gasteiger partial charge in [-0.05, 0) is 40.5 Å². The maximum atomic E-state index is 9.57. The summed E-state index contributed by atoms with van der Waals surface area (Å²) in [6.07, 6.45) is 2.97. The standard InChI is InChI=1S/C12H13BrN2O2/c1-2-3-4-11-14-12(17-15-11)8-5-6-9(13)10(16)7-8/h5-7,16H,2-4H2,1H3. The zero-order chi connectivity index (χ0) is 12.3. The number of unbranched alkanes of at least 4 members (excludes halogenated alkanes) is 1. The number of phenolic OH excluding ortho intramolecular Hbond substituents is 1. The molecule has 0 bridgehead atoms. The summed E-state index contributed by atoms with van der Waals surface area (Å²) in [5.74, 6) is 1.32. The zero-order valence-corrected chi connectivity index (χ0v) is 11.1. The molecule has 1 aromatic heterocycles. The van der Waals surface area contributed by atoms with Crippen LogP contribution in [0.15, 0.2) is 27.2 Å². The summed E-state index contributed by atoms with van der Waals surface area (Å²) in [7, 11) is 0. The van der Waals surface area contributed by atoms with Crippen molar-refractivity contribution < 1.29 is 9.63 Å². The van der Waals surface area contributed by atoms with Gasteiger partial charge < -0.3 is 9.63 Å². The molecule has 0 spiro atoms. The van der Waals surface area contributed by atoms with Crippen LogP contribution in [0.3, 0.4) is 0 Å². The third-order valence-corrected chi connectivity index (χ3v) is 3.09. The SMILES string of the molecule is CCCCc1noc(-c2ccc(Br)c(O)c2)n1. The Morgan fingerprint density at radius 1 is 1.41 bits per heavy atom. The highest BCUT2D eigenvalue weighted by Gasteiger charge is 2.10. The van der Waals surface area contributed by atoms with Crippen molar-refractivity contribution in [1.29, 1.82) is 0 Å². The first-order chi connectivity index (χ1) is 8.20. The number of aromatic nitrogens is 2. The first-order valence-electron chi connectivity index (χ1n) is 5.52. The lowest BCUT2D eigenvalue weighted by molar-refractivity contribution is 0.421. The van der Waals surface area contributed by atoms with E-state index in [1.807, 2.05) is 6.07 Å². The molecule has 2 rings (SSSR count). The molecule has 0 aliphatic rings. The van der Waals surface area contributed by atoms with Crippen LogP contribution in [0, 0.1) is 0 Å². The number of benzene rings is 1. The summed E-state index contributed by atoms with van der Waals surface area (Å²) in [4.78, 5) is 4.28. The summed E-state index contributed by atoms with van der Waals surface area (Å²) in [5, 5.41) is 13.5. The number of aryl methyl sites for hydroxylation is 1. The van der Waals surface area contributed by atoms with E-state index in [0.29, 0.717) is 16.2 Å². The molecule has 0 saturated carbocycles. The Morgan fingerprint density at radius 2 is 2.24 bits per heavy atom. The van der Waals surface area contributed by atoms with Crippen LogP contribution in [0.25, 0.3) is 11.5 Å². The number of hydrogen-bond acceptors (Lipinski definition) is 4. The molecule has 1 heterocycles. The van der Waals surface area contributed by atoms with E-state index in [0.717, 1.165) is 24.8 Å². The van der Waals surface area contributed by atoms with Gasteiger partial charge in [-0.1, -0.05) is 18.5 Å². The van der Waals surface area contributed by atoms with Gasteiger partial charge in [-0.3, -0.25) is 0 Å². The van der Waals surface area contributed by atoms with Crippen molar-refractivity contribution in [3.8, 4) is 17.2 Å². The Bertz CT molecular complexity index is 511. The first-order valence-corrected chi connectivity index (χ1v) is 6.31. The maximum Gasteiger partial charge on any atom is 0.258 e. The lowest BCUT2D eigenvalue weighted by Crippen LogP contribution is -1.87. The van der Waals surface area contributed by atoms with Gasteiger partial charge in [0.2, 0.25) is 0 Å². The lowest BCUT2D eigenvalue weighted by Gasteiger charge is -1.98. The van der Waals surface area contributed by atoms with E-state index in [2.05, 4.69) is 33.0 Å². The Kier molecular flexibility index (Phi) is 3.78. The fourth-order valence-corrected chi connectivity index (χ4v) is 1.70. The molecule has 1 aromatic carbocycles. The minimum atomic E-state index is 0.163. The molecular formula is C12H13BrN2O2. The summed E-state index contributed by atoms with van der Waals surface area (Å²) in [5.41, 5.74) is 0.723. The van der Waals surface area contributed by atoms with Gasteiger partial charge in [0.25, 0.3) is 5.89 Å². The lowest BCUT2D eigenvalue weighted by atomic mass is 10.2. The van der Waals surface area contributed by atoms with E-state index in [1.54, 1.807) is 12.1 Å². The molecule has 0 fully saturated rings. The van der Waals surface area contributed by atoms with Gasteiger partial charge >= 0.3 is 0 Å². The molecule has 0 atom stereocenters. The molecule has 4 nitrogen and oxygen atoms in total. The van der Waals surface area contributed by atoms with Crippen molar-refractivity contribution in [2.45, 2.75) is 26.2 Å². The van der Waals surface area contributed by atoms with Crippen LogP contribution < -0.4 is 0 Å². The summed E-state index contributed by atoms with van der Waals surface area (Å²) in [6, 6.07) is 5.17. The number of aromatic hydroxyl groups is 1. The number of nitrogens with zero attached hydrogens (tertiary/aromatic N) is 2. The Balaban J connectivity index is 2.21. The molecule has 0 saturated heterocycles. The minimum absolute atomic E-state index is 0.163. The van der Waals surface area contributed by atoms with Crippen LogP contribution in [0.4, 0.5) is 0 Å². The van der Waals surface area contributed by atoms with Gasteiger partial charge in [-0.25, -0.2) is 0 Å². The highest BCUT2D eigenvalue weighted by Crippen LogP contribution is 2.28. The van der Waals surface area contributed by atoms with Gasteiger partial charge in [0.1, 0.15) is 5.75 Å². The monoisotopic (exact) mass is 296 g/mol. The van der Waals surface area contributed by atoms with E-state index in [9.17, 15) is 5.11 Å². The largest absolute Gasteiger partial charge is 0.507 e. The third kappa shape index (κ3) is 2.85. The van der Waals surface area contributed by atoms with Gasteiger partial charge in [0.15, 0.2) is 5.82 Å². The van der Waals surface area contributed by atoms with Crippen LogP contribution >= 0.6 is 15.9 Å². The average Bonchev–Trinajstić information content (AvgIpc) is 2.79. The van der Waals surface area contributed by atoms with Crippen molar-refractivity contribution in [2.24, 2.45) is 0 Å². The molecular weight excluding hydrogens is 284 g/mol. The van der Waals surface area contributed by atoms with E-state index in [-0.39, 0.29) is 5.75 Å². The van der Waals surface area contributed by atoms with Crippen molar-refractivity contribution in [2.75, 3.05) is 0 Å². The predicted octanol–water partition coefficient (Wildman–Crippen LogP) is 3.55. The van der Waals surface area contributed by atoms with E-state index in [1.165, 1.54) is 0 Å². The van der Waals surface area contributed by atoms with Gasteiger partial charge in [-0.15, -0.1) is 0 Å². The number of phenols is 1. The number of halogens is 1. The molecule has 17 heavy (non-hydrogen) atoms. The van der Waals surface area contributed by atoms with Gasteiger partial charge in [0, 0.05) is 12.0 Å². The highest BCUT2D eigenvalue weighted by molar-refractivity contribution is 9.10. The fourth-order valence-electron chi connectivity index (χ4n) is 1.45. The fraction of sp³-hybridized carbons (Fsp3) is 0.333. The van der Waals surface area contributed by atoms with Crippen molar-refractivity contribution in [1.82, 2.24) is 10.1 Å². The maximum absolute atomic E-state index is 9.57. The molecule has 1 N–H and O–H groups in total. The van der Waals surface area contributed by atoms with Crippen LogP contribution in [0.5, 0.6) is 5.75 Å². The topological polar surface area (TPSA) is 59.2 Å². The number of hydrogen-bond donors (Lipinski definition) is 1. The predicted molar refractivity (Wildman–Crippen MR) is 67.7 cm³/mol. The minimum Gasteiger partial charge on any atom is -0.507 e. The molecule has 0 unspecified atom stereocenters. The first kappa shape index (κ1) is 12.1. The Labute approximate surface area is 108 Å². The quantitative estimate of drug-likeness (QED) is 0.937. The van der Waals surface area contributed by atoms with Gasteiger partial charge in [0.05, 0.1) is 4.47 Å². The van der Waals surface area contributed by atoms with E-state index in [4.69, 9.17) is 4.52 Å². The Hall–Kier alpha value is -1.36. The van der Waals surface area contributed by atoms with Crippen molar-refractivity contribution in [3.05, 3.63) is 28.5 Å². The van der Waals surface area contributed by atoms with Crippen molar-refractivity contribution >= 4 is 15.9 Å². The molecule has 2 aromatic rings. The van der Waals surface area contributed by atoms with Crippen LogP contribution in [0.1, 0.15) is 25.6 Å². The summed E-state index contributed by atoms with van der Waals surface area (Å²) >= 11 is 3.22. The normalized spacial score (nSPS) is 10.7. The molecule has 5 heteroatoms. The molecule has 0 aliphatic heterocycles. The van der Waals surface area contributed by atoms with E-state index >= 15 is 0 Å². The van der Waals surface area contributed by atoms with Gasteiger partial charge in [-0.2, -0.15) is 4.98 Å². The van der Waals surface area contributed by atoms with Crippen LogP contribution in [-0.2, 0) is 6.42 Å². The van der Waals surface area contributed by atoms with Crippen LogP contribution in [0.2, 0.25) is 0 Å². The molecule has 0 radical (unpaired) electrons. The molecule has 0 aliphatic carbocycles. The van der Waals surface area contributed by atoms with Crippen molar-refractivity contribution in [3.63, 3.8) is 0 Å². The second kappa shape index (κ2) is 5.31. The Morgan fingerprint density at radius 3 is 2.94 bits per heavy atom. The van der Waals surface area contributed by atoms with E-state index < -0.39 is 0 Å². The summed E-state index contributed by atoms with van der Waals surface area (Å²) in [6.45, 7) is 2.12. The molecule has 0 amide bonds. The molecule has 90 valence electrons. The second-order valence-electron chi connectivity index (χ2n) is 3.79. The summed E-state index contributed by atoms with van der Waals surface area (Å²) < 4.78 is 5.80. The van der Waals surface area contributed by atoms with Crippen LogP contribution in [-0.4, -0.2) is 15.2 Å². The average molecular weight is 297 g/mol. The second-order valence-corrected chi connectivity index (χ2v) is 4.64.